The second-order valence-corrected chi connectivity index (χ2v) is 8.99. The van der Waals surface area contributed by atoms with Gasteiger partial charge in [-0.3, -0.25) is 19.3 Å². The number of aliphatic hydroxyl groups excluding tert-OH is 1. The Morgan fingerprint density at radius 2 is 1.68 bits per heavy atom. The Morgan fingerprint density at radius 1 is 1.00 bits per heavy atom. The van der Waals surface area contributed by atoms with Crippen LogP contribution in [0.1, 0.15) is 40.2 Å². The maximum Gasteiger partial charge on any atom is 0.307 e. The Hall–Kier alpha value is -4.85. The van der Waals surface area contributed by atoms with Crippen molar-refractivity contribution in [3.8, 4) is 5.75 Å². The highest BCUT2D eigenvalue weighted by Gasteiger charge is 2.45. The number of carboxylic acid groups (broad SMARTS) is 1. The van der Waals surface area contributed by atoms with Crippen molar-refractivity contribution in [2.75, 3.05) is 12.0 Å². The lowest BCUT2D eigenvalue weighted by molar-refractivity contribution is -0.136. The molecule has 1 unspecified atom stereocenters. The Labute approximate surface area is 218 Å². The van der Waals surface area contributed by atoms with Crippen molar-refractivity contribution in [3.63, 3.8) is 0 Å². The lowest BCUT2D eigenvalue weighted by Gasteiger charge is -2.27. The molecule has 1 atom stereocenters. The topological polar surface area (TPSA) is 117 Å². The van der Waals surface area contributed by atoms with E-state index in [1.54, 1.807) is 48.5 Å². The molecule has 5 rings (SSSR count). The minimum atomic E-state index is -0.974. The van der Waals surface area contributed by atoms with Crippen molar-refractivity contribution < 1.29 is 33.8 Å². The Kier molecular flexibility index (Phi) is 6.46. The summed E-state index contributed by atoms with van der Waals surface area (Å²) in [6, 6.07) is 19.8. The molecule has 0 fully saturated rings. The van der Waals surface area contributed by atoms with Gasteiger partial charge in [0, 0.05) is 11.1 Å². The number of carboxylic acids is 1. The summed E-state index contributed by atoms with van der Waals surface area (Å²) < 4.78 is 11.2. The van der Waals surface area contributed by atoms with Gasteiger partial charge in [-0.15, -0.1) is 0 Å². The summed E-state index contributed by atoms with van der Waals surface area (Å²) in [5, 5.41) is 20.8. The van der Waals surface area contributed by atoms with Gasteiger partial charge >= 0.3 is 5.97 Å². The summed E-state index contributed by atoms with van der Waals surface area (Å²) in [5.41, 5.74) is 2.96. The van der Waals surface area contributed by atoms with Crippen LogP contribution in [0.3, 0.4) is 0 Å². The average molecular weight is 512 g/mol. The number of aryl methyl sites for hydroxylation is 1. The molecular weight excluding hydrogens is 486 g/mol. The van der Waals surface area contributed by atoms with Crippen LogP contribution >= 0.6 is 0 Å². The number of hydrogen-bond acceptors (Lipinski definition) is 6. The SMILES string of the molecule is CCc1ccc(C2C(C(=O)c3cc4cccc(OC)c4o3)=C(O)C(=O)N2c2ccc(CC(=O)O)cc2)cc1. The largest absolute Gasteiger partial charge is 0.503 e. The summed E-state index contributed by atoms with van der Waals surface area (Å²) in [4.78, 5) is 39.7. The first-order valence-electron chi connectivity index (χ1n) is 12.1. The van der Waals surface area contributed by atoms with E-state index in [-0.39, 0.29) is 17.8 Å². The molecule has 0 saturated heterocycles. The molecule has 38 heavy (non-hydrogen) atoms. The molecule has 8 heteroatoms. The third kappa shape index (κ3) is 4.30. The monoisotopic (exact) mass is 511 g/mol. The van der Waals surface area contributed by atoms with Gasteiger partial charge in [0.2, 0.25) is 5.78 Å². The zero-order chi connectivity index (χ0) is 27.0. The summed E-state index contributed by atoms with van der Waals surface area (Å²) in [5.74, 6) is -2.58. The van der Waals surface area contributed by atoms with Gasteiger partial charge in [-0.2, -0.15) is 0 Å². The van der Waals surface area contributed by atoms with Gasteiger partial charge in [-0.25, -0.2) is 0 Å². The third-order valence-corrected chi connectivity index (χ3v) is 6.68. The number of amides is 1. The molecule has 3 aromatic carbocycles. The number of aliphatic hydroxyl groups is 1. The zero-order valence-electron chi connectivity index (χ0n) is 20.8. The maximum absolute atomic E-state index is 13.8. The van der Waals surface area contributed by atoms with Crippen molar-refractivity contribution in [1.29, 1.82) is 0 Å². The van der Waals surface area contributed by atoms with Gasteiger partial charge < -0.3 is 19.4 Å². The van der Waals surface area contributed by atoms with Crippen molar-refractivity contribution in [1.82, 2.24) is 0 Å². The normalized spacial score (nSPS) is 15.4. The summed E-state index contributed by atoms with van der Waals surface area (Å²) in [7, 11) is 1.50. The van der Waals surface area contributed by atoms with E-state index in [1.807, 2.05) is 31.2 Å². The van der Waals surface area contributed by atoms with Crippen LogP contribution in [-0.4, -0.2) is 35.0 Å². The highest BCUT2D eigenvalue weighted by molar-refractivity contribution is 6.20. The van der Waals surface area contributed by atoms with E-state index in [0.29, 0.717) is 33.5 Å². The lowest BCUT2D eigenvalue weighted by Crippen LogP contribution is -2.31. The molecule has 1 aromatic heterocycles. The minimum absolute atomic E-state index is 0.0346. The Morgan fingerprint density at radius 3 is 2.32 bits per heavy atom. The Balaban J connectivity index is 1.61. The summed E-state index contributed by atoms with van der Waals surface area (Å²) >= 11 is 0. The maximum atomic E-state index is 13.8. The van der Waals surface area contributed by atoms with Crippen LogP contribution in [0.4, 0.5) is 5.69 Å². The van der Waals surface area contributed by atoms with Crippen LogP contribution in [0.25, 0.3) is 11.0 Å². The molecule has 0 spiro atoms. The second-order valence-electron chi connectivity index (χ2n) is 8.99. The number of nitrogens with zero attached hydrogens (tertiary/aromatic N) is 1. The van der Waals surface area contributed by atoms with Crippen LogP contribution in [0, 0.1) is 0 Å². The molecule has 1 aliphatic heterocycles. The molecule has 0 aliphatic carbocycles. The van der Waals surface area contributed by atoms with Gasteiger partial charge in [0.25, 0.3) is 5.91 Å². The predicted molar refractivity (Wildman–Crippen MR) is 141 cm³/mol. The molecule has 0 saturated carbocycles. The van der Waals surface area contributed by atoms with Gasteiger partial charge in [0.05, 0.1) is 25.1 Å². The molecule has 0 bridgehead atoms. The molecule has 4 aromatic rings. The number of furan rings is 1. The fourth-order valence-corrected chi connectivity index (χ4v) is 4.75. The van der Waals surface area contributed by atoms with E-state index in [1.165, 1.54) is 12.0 Å². The third-order valence-electron chi connectivity index (χ3n) is 6.68. The lowest BCUT2D eigenvalue weighted by atomic mass is 9.93. The van der Waals surface area contributed by atoms with E-state index >= 15 is 0 Å². The number of rotatable bonds is 8. The van der Waals surface area contributed by atoms with Gasteiger partial charge in [-0.05, 0) is 47.4 Å². The number of hydrogen-bond donors (Lipinski definition) is 2. The standard InChI is InChI=1S/C30H25NO7/c1-3-17-7-11-19(12-8-17)26-25(27(34)23-16-20-5-4-6-22(37-2)29(20)38-23)28(35)30(36)31(26)21-13-9-18(10-14-21)15-24(32)33/h4-14,16,26,35H,3,15H2,1-2H3,(H,32,33). The number of anilines is 1. The highest BCUT2D eigenvalue weighted by atomic mass is 16.5. The fraction of sp³-hybridized carbons (Fsp3) is 0.167. The quantitative estimate of drug-likeness (QED) is 0.304. The summed E-state index contributed by atoms with van der Waals surface area (Å²) in [6.07, 6.45) is 0.644. The van der Waals surface area contributed by atoms with Crippen LogP contribution in [0.15, 0.2) is 88.5 Å². The van der Waals surface area contributed by atoms with Crippen LogP contribution < -0.4 is 9.64 Å². The van der Waals surface area contributed by atoms with Gasteiger partial charge in [0.1, 0.15) is 0 Å². The Bertz CT molecular complexity index is 1580. The van der Waals surface area contributed by atoms with E-state index < -0.39 is 29.5 Å². The number of methoxy groups -OCH3 is 1. The molecule has 192 valence electrons. The highest BCUT2D eigenvalue weighted by Crippen LogP contribution is 2.43. The molecular formula is C30H25NO7. The first-order chi connectivity index (χ1) is 18.3. The first kappa shape index (κ1) is 24.8. The molecule has 2 N–H and O–H groups in total. The number of para-hydroxylation sites is 1. The van der Waals surface area contributed by atoms with Gasteiger partial charge in [0.15, 0.2) is 22.9 Å². The number of carbonyl (C=O) groups excluding carboxylic acids is 2. The first-order valence-corrected chi connectivity index (χ1v) is 12.1. The van der Waals surface area contributed by atoms with Crippen LogP contribution in [0.5, 0.6) is 5.75 Å². The predicted octanol–water partition coefficient (Wildman–Crippen LogP) is 5.41. The van der Waals surface area contributed by atoms with Crippen LogP contribution in [0.2, 0.25) is 0 Å². The molecule has 1 aliphatic rings. The molecule has 2 heterocycles. The summed E-state index contributed by atoms with van der Waals surface area (Å²) in [6.45, 7) is 2.02. The van der Waals surface area contributed by atoms with E-state index in [4.69, 9.17) is 14.3 Å². The number of benzene rings is 3. The smallest absolute Gasteiger partial charge is 0.307 e. The number of ether oxygens (including phenoxy) is 1. The number of carbonyl (C=O) groups is 3. The average Bonchev–Trinajstić information content (AvgIpc) is 3.47. The van der Waals surface area contributed by atoms with Crippen molar-refractivity contribution >= 4 is 34.3 Å². The van der Waals surface area contributed by atoms with E-state index in [2.05, 4.69) is 0 Å². The van der Waals surface area contributed by atoms with Gasteiger partial charge in [-0.1, -0.05) is 55.5 Å². The van der Waals surface area contributed by atoms with Crippen LogP contribution in [-0.2, 0) is 22.4 Å². The number of fused-ring (bicyclic) bond motifs is 1. The van der Waals surface area contributed by atoms with E-state index in [0.717, 1.165) is 12.0 Å². The second kappa shape index (κ2) is 9.89. The number of Topliss-reactive ketones (excluding diaryl/α,β-unsaturated/α-hetero) is 1. The number of ketones is 1. The number of aliphatic carboxylic acids is 1. The van der Waals surface area contributed by atoms with Crippen molar-refractivity contribution in [2.24, 2.45) is 0 Å². The molecule has 8 nitrogen and oxygen atoms in total. The van der Waals surface area contributed by atoms with Crippen molar-refractivity contribution in [2.45, 2.75) is 25.8 Å². The minimum Gasteiger partial charge on any atom is -0.503 e. The van der Waals surface area contributed by atoms with E-state index in [9.17, 15) is 19.5 Å². The van der Waals surface area contributed by atoms with Crippen molar-refractivity contribution in [3.05, 3.63) is 107 Å². The fourth-order valence-electron chi connectivity index (χ4n) is 4.75. The zero-order valence-corrected chi connectivity index (χ0v) is 20.8. The molecule has 1 amide bonds. The molecule has 0 radical (unpaired) electrons.